The van der Waals surface area contributed by atoms with Crippen LogP contribution >= 0.6 is 0 Å². The van der Waals surface area contributed by atoms with Crippen LogP contribution in [0.2, 0.25) is 0 Å². The lowest BCUT2D eigenvalue weighted by molar-refractivity contribution is 0.0600. The Morgan fingerprint density at radius 3 is 2.89 bits per heavy atom. The Balaban J connectivity index is 2.16. The van der Waals surface area contributed by atoms with Crippen LogP contribution < -0.4 is 0 Å². The smallest absolute Gasteiger partial charge is 0.339 e. The molecule has 0 unspecified atom stereocenters. The van der Waals surface area contributed by atoms with Crippen molar-refractivity contribution in [1.82, 2.24) is 9.55 Å². The quantitative estimate of drug-likeness (QED) is 0.604. The number of methoxy groups -OCH3 is 1. The third-order valence-corrected chi connectivity index (χ3v) is 2.56. The molecule has 0 aliphatic carbocycles. The molecule has 0 N–H and O–H groups in total. The monoisotopic (exact) mass is 244 g/mol. The minimum absolute atomic E-state index is 0.407. The van der Waals surface area contributed by atoms with E-state index >= 15 is 0 Å². The van der Waals surface area contributed by atoms with Crippen molar-refractivity contribution >= 4 is 12.3 Å². The van der Waals surface area contributed by atoms with Gasteiger partial charge in [0.15, 0.2) is 6.29 Å². The molecule has 0 atom stereocenters. The molecule has 18 heavy (non-hydrogen) atoms. The molecular formula is C13H12N2O3. The molecule has 92 valence electrons. The second-order valence-corrected chi connectivity index (χ2v) is 3.71. The first-order chi connectivity index (χ1) is 8.74. The van der Waals surface area contributed by atoms with E-state index in [-0.39, 0.29) is 0 Å². The predicted molar refractivity (Wildman–Crippen MR) is 64.5 cm³/mol. The zero-order valence-electron chi connectivity index (χ0n) is 9.87. The predicted octanol–water partition coefficient (Wildman–Crippen LogP) is 1.53. The molecule has 0 saturated carbocycles. The van der Waals surface area contributed by atoms with Crippen LogP contribution in [0.3, 0.4) is 0 Å². The van der Waals surface area contributed by atoms with Gasteiger partial charge in [-0.1, -0.05) is 0 Å². The lowest BCUT2D eigenvalue weighted by Crippen LogP contribution is -2.06. The van der Waals surface area contributed by atoms with Gasteiger partial charge in [0.2, 0.25) is 0 Å². The van der Waals surface area contributed by atoms with Gasteiger partial charge >= 0.3 is 5.97 Å². The molecule has 0 aliphatic rings. The van der Waals surface area contributed by atoms with Crippen molar-refractivity contribution in [3.05, 3.63) is 53.6 Å². The lowest BCUT2D eigenvalue weighted by atomic mass is 10.2. The highest BCUT2D eigenvalue weighted by molar-refractivity contribution is 5.88. The van der Waals surface area contributed by atoms with Crippen molar-refractivity contribution in [3.8, 4) is 0 Å². The van der Waals surface area contributed by atoms with Gasteiger partial charge in [-0.3, -0.25) is 9.78 Å². The summed E-state index contributed by atoms with van der Waals surface area (Å²) in [6.07, 6.45) is 4.06. The summed E-state index contributed by atoms with van der Waals surface area (Å²) in [5, 5.41) is 0. The van der Waals surface area contributed by atoms with E-state index in [4.69, 9.17) is 0 Å². The highest BCUT2D eigenvalue weighted by Crippen LogP contribution is 2.06. The number of carbonyl (C=O) groups is 2. The molecule has 2 aromatic heterocycles. The van der Waals surface area contributed by atoms with Crippen LogP contribution in [0.15, 0.2) is 36.7 Å². The summed E-state index contributed by atoms with van der Waals surface area (Å²) < 4.78 is 6.37. The Bertz CT molecular complexity index is 558. The molecule has 0 aromatic carbocycles. The van der Waals surface area contributed by atoms with Crippen molar-refractivity contribution in [1.29, 1.82) is 0 Å². The summed E-state index contributed by atoms with van der Waals surface area (Å²) in [5.74, 6) is -0.413. The van der Waals surface area contributed by atoms with E-state index in [1.54, 1.807) is 35.0 Å². The first-order valence-electron chi connectivity index (χ1n) is 5.38. The number of aromatic nitrogens is 2. The molecular weight excluding hydrogens is 232 g/mol. The normalized spacial score (nSPS) is 10.1. The number of hydrogen-bond acceptors (Lipinski definition) is 4. The van der Waals surface area contributed by atoms with Gasteiger partial charge < -0.3 is 9.30 Å². The highest BCUT2D eigenvalue weighted by Gasteiger charge is 2.06. The second kappa shape index (κ2) is 5.27. The van der Waals surface area contributed by atoms with Gasteiger partial charge in [-0.15, -0.1) is 0 Å². The standard InChI is InChI=1S/C13H12N2O3/c1-18-13(17)10-4-5-11(14-7-10)8-15-6-2-3-12(15)9-16/h2-7,9H,8H2,1H3. The topological polar surface area (TPSA) is 61.2 Å². The molecule has 2 aromatic rings. The van der Waals surface area contributed by atoms with E-state index in [1.165, 1.54) is 13.3 Å². The number of pyridine rings is 1. The largest absolute Gasteiger partial charge is 0.465 e. The van der Waals surface area contributed by atoms with Gasteiger partial charge in [-0.25, -0.2) is 4.79 Å². The van der Waals surface area contributed by atoms with Crippen molar-refractivity contribution in [2.45, 2.75) is 6.54 Å². The van der Waals surface area contributed by atoms with Crippen LogP contribution in [0.5, 0.6) is 0 Å². The Labute approximate surface area is 104 Å². The zero-order valence-corrected chi connectivity index (χ0v) is 9.87. The number of ether oxygens (including phenoxy) is 1. The van der Waals surface area contributed by atoms with Crippen molar-refractivity contribution in [3.63, 3.8) is 0 Å². The molecule has 0 bridgehead atoms. The summed E-state index contributed by atoms with van der Waals surface area (Å²) in [4.78, 5) is 26.1. The second-order valence-electron chi connectivity index (χ2n) is 3.71. The van der Waals surface area contributed by atoms with Gasteiger partial charge in [0.1, 0.15) is 0 Å². The summed E-state index contributed by atoms with van der Waals surface area (Å²) in [6.45, 7) is 0.489. The van der Waals surface area contributed by atoms with Gasteiger partial charge in [0.05, 0.1) is 30.6 Å². The van der Waals surface area contributed by atoms with Crippen molar-refractivity contribution in [2.75, 3.05) is 7.11 Å². The van der Waals surface area contributed by atoms with Gasteiger partial charge in [-0.05, 0) is 24.3 Å². The molecule has 0 spiro atoms. The third-order valence-electron chi connectivity index (χ3n) is 2.56. The van der Waals surface area contributed by atoms with Crippen LogP contribution in [0, 0.1) is 0 Å². The molecule has 0 aliphatic heterocycles. The maximum absolute atomic E-state index is 11.2. The maximum atomic E-state index is 11.2. The summed E-state index contributed by atoms with van der Waals surface area (Å²) in [7, 11) is 1.33. The fourth-order valence-electron chi connectivity index (χ4n) is 1.61. The van der Waals surface area contributed by atoms with Crippen molar-refractivity contribution < 1.29 is 14.3 Å². The SMILES string of the molecule is COC(=O)c1ccc(Cn2cccc2C=O)nc1. The number of hydrogen-bond donors (Lipinski definition) is 0. The molecule has 2 rings (SSSR count). The average Bonchev–Trinajstić information content (AvgIpc) is 2.86. The van der Waals surface area contributed by atoms with E-state index in [0.717, 1.165) is 12.0 Å². The van der Waals surface area contributed by atoms with Crippen molar-refractivity contribution in [2.24, 2.45) is 0 Å². The molecule has 0 amide bonds. The molecule has 0 fully saturated rings. The lowest BCUT2D eigenvalue weighted by Gasteiger charge is -2.05. The number of esters is 1. The molecule has 5 nitrogen and oxygen atoms in total. The minimum Gasteiger partial charge on any atom is -0.465 e. The fourth-order valence-corrected chi connectivity index (χ4v) is 1.61. The number of rotatable bonds is 4. The summed E-state index contributed by atoms with van der Waals surface area (Å²) in [5.41, 5.74) is 1.76. The Hall–Kier alpha value is -2.43. The first kappa shape index (κ1) is 12.0. The fraction of sp³-hybridized carbons (Fsp3) is 0.154. The van der Waals surface area contributed by atoms with Crippen LogP contribution in [0.25, 0.3) is 0 Å². The number of nitrogens with zero attached hydrogens (tertiary/aromatic N) is 2. The van der Waals surface area contributed by atoms with E-state index < -0.39 is 5.97 Å². The Morgan fingerprint density at radius 2 is 2.28 bits per heavy atom. The number of carbonyl (C=O) groups excluding carboxylic acids is 2. The van der Waals surface area contributed by atoms with Gasteiger partial charge in [-0.2, -0.15) is 0 Å². The average molecular weight is 244 g/mol. The van der Waals surface area contributed by atoms with Crippen LogP contribution in [0.4, 0.5) is 0 Å². The van der Waals surface area contributed by atoms with Gasteiger partial charge in [0.25, 0.3) is 0 Å². The van der Waals surface area contributed by atoms with E-state index in [9.17, 15) is 9.59 Å². The van der Waals surface area contributed by atoms with Crippen LogP contribution in [-0.2, 0) is 11.3 Å². The van der Waals surface area contributed by atoms with Crippen LogP contribution in [-0.4, -0.2) is 28.9 Å². The van der Waals surface area contributed by atoms with E-state index in [2.05, 4.69) is 9.72 Å². The first-order valence-corrected chi connectivity index (χ1v) is 5.38. The highest BCUT2D eigenvalue weighted by atomic mass is 16.5. The van der Waals surface area contributed by atoms with E-state index in [1.807, 2.05) is 0 Å². The molecule has 5 heteroatoms. The Kier molecular flexibility index (Phi) is 3.52. The molecule has 2 heterocycles. The number of aldehydes is 1. The maximum Gasteiger partial charge on any atom is 0.339 e. The van der Waals surface area contributed by atoms with Gasteiger partial charge in [0, 0.05) is 12.4 Å². The molecule has 0 saturated heterocycles. The Morgan fingerprint density at radius 1 is 1.44 bits per heavy atom. The third kappa shape index (κ3) is 2.45. The van der Waals surface area contributed by atoms with Crippen LogP contribution in [0.1, 0.15) is 26.5 Å². The summed E-state index contributed by atoms with van der Waals surface area (Å²) >= 11 is 0. The van der Waals surface area contributed by atoms with E-state index in [0.29, 0.717) is 17.8 Å². The minimum atomic E-state index is -0.413. The molecule has 0 radical (unpaired) electrons. The summed E-state index contributed by atoms with van der Waals surface area (Å²) in [6, 6.07) is 6.92. The zero-order chi connectivity index (χ0) is 13.0.